The van der Waals surface area contributed by atoms with Gasteiger partial charge in [0.05, 0.1) is 22.5 Å². The second-order valence-corrected chi connectivity index (χ2v) is 8.42. The molecule has 4 rings (SSSR count). The zero-order valence-corrected chi connectivity index (χ0v) is 15.7. The maximum Gasteiger partial charge on any atom is 0.338 e. The highest BCUT2D eigenvalue weighted by Crippen LogP contribution is 2.25. The summed E-state index contributed by atoms with van der Waals surface area (Å²) < 4.78 is 30.8. The van der Waals surface area contributed by atoms with E-state index in [2.05, 4.69) is 9.97 Å². The highest BCUT2D eigenvalue weighted by Gasteiger charge is 2.28. The Morgan fingerprint density at radius 3 is 2.75 bits per heavy atom. The summed E-state index contributed by atoms with van der Waals surface area (Å²) in [5.41, 5.74) is 7.32. The molecule has 3 aromatic rings. The number of fused-ring (bicyclic) bond motifs is 1. The molecular formula is C19H18N4O4S. The van der Waals surface area contributed by atoms with Gasteiger partial charge in [0.25, 0.3) is 0 Å². The van der Waals surface area contributed by atoms with E-state index in [0.717, 1.165) is 5.39 Å². The summed E-state index contributed by atoms with van der Waals surface area (Å²) in [6.45, 7) is 0.269. The van der Waals surface area contributed by atoms with E-state index in [1.165, 1.54) is 10.4 Å². The van der Waals surface area contributed by atoms with Crippen LogP contribution in [-0.2, 0) is 21.4 Å². The van der Waals surface area contributed by atoms with Gasteiger partial charge in [-0.3, -0.25) is 4.31 Å². The number of nitrogens with zero attached hydrogens (tertiary/aromatic N) is 3. The maximum absolute atomic E-state index is 12.4. The summed E-state index contributed by atoms with van der Waals surface area (Å²) in [6, 6.07) is 13.7. The fourth-order valence-corrected chi connectivity index (χ4v) is 4.70. The lowest BCUT2D eigenvalue weighted by Gasteiger charge is -2.17. The molecule has 2 heterocycles. The van der Waals surface area contributed by atoms with Crippen LogP contribution in [0, 0.1) is 0 Å². The number of benzene rings is 2. The van der Waals surface area contributed by atoms with E-state index in [1.807, 2.05) is 18.2 Å². The number of ether oxygens (including phenoxy) is 1. The molecule has 2 N–H and O–H groups in total. The van der Waals surface area contributed by atoms with Crippen LogP contribution in [0.3, 0.4) is 0 Å². The van der Waals surface area contributed by atoms with Crippen LogP contribution in [-0.4, -0.2) is 36.7 Å². The Labute approximate surface area is 162 Å². The van der Waals surface area contributed by atoms with Gasteiger partial charge in [-0.05, 0) is 36.8 Å². The number of carbonyl (C=O) groups excluding carboxylic acids is 1. The molecule has 0 amide bonds. The molecule has 1 aliphatic rings. The molecule has 1 aliphatic heterocycles. The Bertz CT molecular complexity index is 1160. The zero-order chi connectivity index (χ0) is 19.7. The van der Waals surface area contributed by atoms with Gasteiger partial charge in [-0.25, -0.2) is 23.2 Å². The molecule has 144 valence electrons. The smallest absolute Gasteiger partial charge is 0.338 e. The second kappa shape index (κ2) is 7.08. The van der Waals surface area contributed by atoms with Gasteiger partial charge in [0.2, 0.25) is 10.0 Å². The van der Waals surface area contributed by atoms with Gasteiger partial charge in [0, 0.05) is 11.9 Å². The summed E-state index contributed by atoms with van der Waals surface area (Å²) >= 11 is 0. The van der Waals surface area contributed by atoms with Crippen LogP contribution in [0.25, 0.3) is 10.9 Å². The van der Waals surface area contributed by atoms with Crippen molar-refractivity contribution in [1.29, 1.82) is 0 Å². The van der Waals surface area contributed by atoms with Crippen molar-refractivity contribution < 1.29 is 17.9 Å². The number of anilines is 2. The first kappa shape index (κ1) is 18.2. The zero-order valence-electron chi connectivity index (χ0n) is 14.9. The molecule has 0 aliphatic carbocycles. The number of para-hydroxylation sites is 1. The fraction of sp³-hybridized carbons (Fsp3) is 0.211. The Morgan fingerprint density at radius 2 is 1.96 bits per heavy atom. The van der Waals surface area contributed by atoms with Gasteiger partial charge in [0.15, 0.2) is 12.4 Å². The van der Waals surface area contributed by atoms with Crippen LogP contribution in [0.4, 0.5) is 11.5 Å². The lowest BCUT2D eigenvalue weighted by molar-refractivity contribution is 0.0462. The summed E-state index contributed by atoms with van der Waals surface area (Å²) in [7, 11) is -3.32. The molecule has 1 saturated heterocycles. The number of aromatic nitrogens is 2. The Morgan fingerprint density at radius 1 is 1.14 bits per heavy atom. The van der Waals surface area contributed by atoms with Crippen LogP contribution in [0.5, 0.6) is 0 Å². The molecule has 1 aromatic heterocycles. The first-order valence-electron chi connectivity index (χ1n) is 8.73. The minimum atomic E-state index is -3.32. The molecule has 0 bridgehead atoms. The number of hydrogen-bond donors (Lipinski definition) is 1. The molecule has 0 atom stereocenters. The molecule has 0 spiro atoms. The van der Waals surface area contributed by atoms with Crippen molar-refractivity contribution in [3.8, 4) is 0 Å². The third kappa shape index (κ3) is 3.48. The number of nitrogens with two attached hydrogens (primary N) is 1. The predicted octanol–water partition coefficient (Wildman–Crippen LogP) is 2.11. The lowest BCUT2D eigenvalue weighted by atomic mass is 10.2. The number of nitrogen functional groups attached to an aromatic ring is 1. The van der Waals surface area contributed by atoms with Crippen LogP contribution in [0.2, 0.25) is 0 Å². The minimum absolute atomic E-state index is 0.113. The summed E-state index contributed by atoms with van der Waals surface area (Å²) in [4.78, 5) is 20.9. The van der Waals surface area contributed by atoms with Gasteiger partial charge in [-0.1, -0.05) is 18.2 Å². The summed E-state index contributed by atoms with van der Waals surface area (Å²) in [5, 5.41) is 0.733. The van der Waals surface area contributed by atoms with Gasteiger partial charge in [0.1, 0.15) is 5.82 Å². The predicted molar refractivity (Wildman–Crippen MR) is 105 cm³/mol. The molecule has 28 heavy (non-hydrogen) atoms. The van der Waals surface area contributed by atoms with Gasteiger partial charge in [-0.15, -0.1) is 0 Å². The first-order chi connectivity index (χ1) is 13.4. The topological polar surface area (TPSA) is 115 Å². The highest BCUT2D eigenvalue weighted by atomic mass is 32.2. The van der Waals surface area contributed by atoms with E-state index in [4.69, 9.17) is 10.5 Å². The number of sulfonamides is 1. The van der Waals surface area contributed by atoms with Gasteiger partial charge >= 0.3 is 5.97 Å². The van der Waals surface area contributed by atoms with E-state index >= 15 is 0 Å². The van der Waals surface area contributed by atoms with Crippen molar-refractivity contribution in [2.45, 2.75) is 13.0 Å². The SMILES string of the molecule is Nc1nc(COC(=O)c2cccc(N3CCCS3(=O)=O)c2)nc2ccccc12. The summed E-state index contributed by atoms with van der Waals surface area (Å²) in [5.74, 6) is 0.136. The largest absolute Gasteiger partial charge is 0.454 e. The molecule has 2 aromatic carbocycles. The van der Waals surface area contributed by atoms with Crippen LogP contribution >= 0.6 is 0 Å². The monoisotopic (exact) mass is 398 g/mol. The molecule has 1 fully saturated rings. The van der Waals surface area contributed by atoms with Gasteiger partial charge in [-0.2, -0.15) is 0 Å². The maximum atomic E-state index is 12.4. The summed E-state index contributed by atoms with van der Waals surface area (Å²) in [6.07, 6.45) is 0.567. The van der Waals surface area contributed by atoms with E-state index in [-0.39, 0.29) is 17.9 Å². The van der Waals surface area contributed by atoms with Gasteiger partial charge < -0.3 is 10.5 Å². The lowest BCUT2D eigenvalue weighted by Crippen LogP contribution is -2.25. The van der Waals surface area contributed by atoms with Crippen molar-refractivity contribution in [3.63, 3.8) is 0 Å². The molecule has 9 heteroatoms. The van der Waals surface area contributed by atoms with Crippen LogP contribution in [0.1, 0.15) is 22.6 Å². The molecular weight excluding hydrogens is 380 g/mol. The van der Waals surface area contributed by atoms with Crippen molar-refractivity contribution in [3.05, 3.63) is 59.9 Å². The van der Waals surface area contributed by atoms with E-state index in [1.54, 1.807) is 24.3 Å². The Balaban J connectivity index is 1.51. The quantitative estimate of drug-likeness (QED) is 0.669. The first-order valence-corrected chi connectivity index (χ1v) is 10.3. The number of hydrogen-bond acceptors (Lipinski definition) is 7. The Hall–Kier alpha value is -3.20. The molecule has 0 saturated carbocycles. The molecule has 8 nitrogen and oxygen atoms in total. The number of carbonyl (C=O) groups is 1. The average Bonchev–Trinajstić information content (AvgIpc) is 3.05. The normalized spacial score (nSPS) is 15.6. The molecule has 0 radical (unpaired) electrons. The van der Waals surface area contributed by atoms with Crippen LogP contribution in [0.15, 0.2) is 48.5 Å². The van der Waals surface area contributed by atoms with Crippen LogP contribution < -0.4 is 10.0 Å². The minimum Gasteiger partial charge on any atom is -0.454 e. The standard InChI is InChI=1S/C19H18N4O4S/c20-18-15-7-1-2-8-16(15)21-17(22-18)12-27-19(24)13-5-3-6-14(11-13)23-9-4-10-28(23,25)26/h1-3,5-8,11H,4,9-10,12H2,(H2,20,21,22). The van der Waals surface area contributed by atoms with Crippen molar-refractivity contribution in [2.75, 3.05) is 22.3 Å². The highest BCUT2D eigenvalue weighted by molar-refractivity contribution is 7.93. The van der Waals surface area contributed by atoms with E-state index < -0.39 is 16.0 Å². The Kier molecular flexibility index (Phi) is 4.60. The van der Waals surface area contributed by atoms with Crippen molar-refractivity contribution >= 4 is 38.4 Å². The second-order valence-electron chi connectivity index (χ2n) is 6.41. The fourth-order valence-electron chi connectivity index (χ4n) is 3.15. The van der Waals surface area contributed by atoms with Crippen molar-refractivity contribution in [1.82, 2.24) is 9.97 Å². The number of rotatable bonds is 4. The average molecular weight is 398 g/mol. The van der Waals surface area contributed by atoms with E-state index in [9.17, 15) is 13.2 Å². The molecule has 0 unspecified atom stereocenters. The number of esters is 1. The van der Waals surface area contributed by atoms with Crippen molar-refractivity contribution in [2.24, 2.45) is 0 Å². The van der Waals surface area contributed by atoms with E-state index in [0.29, 0.717) is 35.8 Å². The third-order valence-corrected chi connectivity index (χ3v) is 6.35. The third-order valence-electron chi connectivity index (χ3n) is 4.48.